The van der Waals surface area contributed by atoms with Crippen LogP contribution in [-0.2, 0) is 16.1 Å². The van der Waals surface area contributed by atoms with E-state index in [-0.39, 0.29) is 12.0 Å². The number of carbonyl (C=O) groups is 1. The number of ether oxygens (including phenoxy) is 1. The maximum atomic E-state index is 11.6. The molecule has 2 heterocycles. The Balaban J connectivity index is 1.76. The largest absolute Gasteiger partial charge is 0.366 e. The van der Waals surface area contributed by atoms with Gasteiger partial charge in [-0.2, -0.15) is 0 Å². The van der Waals surface area contributed by atoms with E-state index in [1.54, 1.807) is 11.3 Å². The maximum Gasteiger partial charge on any atom is 0.250 e. The van der Waals surface area contributed by atoms with Gasteiger partial charge in [-0.1, -0.05) is 6.07 Å². The van der Waals surface area contributed by atoms with Gasteiger partial charge in [-0.3, -0.25) is 4.79 Å². The summed E-state index contributed by atoms with van der Waals surface area (Å²) in [5.74, 6) is -0.0319. The SMILES string of the molecule is O=C(NCc1cccs1)[C@@H]1CNCCO1. The van der Waals surface area contributed by atoms with E-state index in [0.29, 0.717) is 19.7 Å². The number of morpholine rings is 1. The molecular weight excluding hydrogens is 212 g/mol. The molecule has 0 unspecified atom stereocenters. The van der Waals surface area contributed by atoms with E-state index in [1.807, 2.05) is 17.5 Å². The van der Waals surface area contributed by atoms with E-state index in [0.717, 1.165) is 11.4 Å². The van der Waals surface area contributed by atoms with Crippen molar-refractivity contribution >= 4 is 17.2 Å². The molecule has 1 atom stereocenters. The van der Waals surface area contributed by atoms with Crippen LogP contribution in [0.15, 0.2) is 17.5 Å². The van der Waals surface area contributed by atoms with Crippen LogP contribution in [0.5, 0.6) is 0 Å². The second-order valence-electron chi connectivity index (χ2n) is 3.36. The van der Waals surface area contributed by atoms with Crippen molar-refractivity contribution in [1.29, 1.82) is 0 Å². The second kappa shape index (κ2) is 5.25. The van der Waals surface area contributed by atoms with Crippen LogP contribution in [0.3, 0.4) is 0 Å². The van der Waals surface area contributed by atoms with Crippen molar-refractivity contribution < 1.29 is 9.53 Å². The van der Waals surface area contributed by atoms with Gasteiger partial charge < -0.3 is 15.4 Å². The van der Waals surface area contributed by atoms with Gasteiger partial charge in [0, 0.05) is 18.0 Å². The topological polar surface area (TPSA) is 50.4 Å². The molecule has 2 rings (SSSR count). The number of rotatable bonds is 3. The van der Waals surface area contributed by atoms with Gasteiger partial charge in [0.2, 0.25) is 0 Å². The highest BCUT2D eigenvalue weighted by Gasteiger charge is 2.21. The summed E-state index contributed by atoms with van der Waals surface area (Å²) in [6.45, 7) is 2.64. The van der Waals surface area contributed by atoms with E-state index < -0.39 is 0 Å². The van der Waals surface area contributed by atoms with Crippen LogP contribution in [0.2, 0.25) is 0 Å². The van der Waals surface area contributed by atoms with Crippen LogP contribution in [0, 0.1) is 0 Å². The van der Waals surface area contributed by atoms with Crippen LogP contribution in [0.25, 0.3) is 0 Å². The standard InChI is InChI=1S/C10H14N2O2S/c13-10(9-7-11-3-4-14-9)12-6-8-2-1-5-15-8/h1-2,5,9,11H,3-4,6-7H2,(H,12,13)/t9-/m0/s1. The number of thiophene rings is 1. The Hall–Kier alpha value is -0.910. The highest BCUT2D eigenvalue weighted by molar-refractivity contribution is 7.09. The fraction of sp³-hybridized carbons (Fsp3) is 0.500. The monoisotopic (exact) mass is 226 g/mol. The van der Waals surface area contributed by atoms with Crippen molar-refractivity contribution in [1.82, 2.24) is 10.6 Å². The van der Waals surface area contributed by atoms with E-state index in [9.17, 15) is 4.79 Å². The quantitative estimate of drug-likeness (QED) is 0.782. The number of amides is 1. The molecule has 15 heavy (non-hydrogen) atoms. The lowest BCUT2D eigenvalue weighted by Crippen LogP contribution is -2.47. The molecule has 0 bridgehead atoms. The van der Waals surface area contributed by atoms with Gasteiger partial charge in [-0.05, 0) is 11.4 Å². The zero-order chi connectivity index (χ0) is 10.5. The lowest BCUT2D eigenvalue weighted by molar-refractivity contribution is -0.134. The Labute approximate surface area is 92.6 Å². The van der Waals surface area contributed by atoms with Gasteiger partial charge in [-0.25, -0.2) is 0 Å². The van der Waals surface area contributed by atoms with E-state index in [1.165, 1.54) is 0 Å². The molecule has 0 saturated carbocycles. The lowest BCUT2D eigenvalue weighted by Gasteiger charge is -2.22. The Morgan fingerprint density at radius 2 is 2.67 bits per heavy atom. The van der Waals surface area contributed by atoms with E-state index in [4.69, 9.17) is 4.74 Å². The summed E-state index contributed by atoms with van der Waals surface area (Å²) < 4.78 is 5.34. The van der Waals surface area contributed by atoms with Crippen LogP contribution < -0.4 is 10.6 Å². The van der Waals surface area contributed by atoms with Gasteiger partial charge in [0.15, 0.2) is 0 Å². The van der Waals surface area contributed by atoms with Crippen molar-refractivity contribution in [3.05, 3.63) is 22.4 Å². The molecule has 82 valence electrons. The molecule has 1 aromatic rings. The molecule has 1 aromatic heterocycles. The maximum absolute atomic E-state index is 11.6. The average Bonchev–Trinajstić information content (AvgIpc) is 2.80. The third-order valence-corrected chi connectivity index (χ3v) is 3.11. The third-order valence-electron chi connectivity index (χ3n) is 2.24. The molecule has 0 aliphatic carbocycles. The molecule has 2 N–H and O–H groups in total. The number of carbonyl (C=O) groups excluding carboxylic acids is 1. The molecule has 1 saturated heterocycles. The van der Waals surface area contributed by atoms with Gasteiger partial charge >= 0.3 is 0 Å². The van der Waals surface area contributed by atoms with Crippen LogP contribution in [0.4, 0.5) is 0 Å². The molecular formula is C10H14N2O2S. The van der Waals surface area contributed by atoms with Crippen molar-refractivity contribution in [2.75, 3.05) is 19.7 Å². The van der Waals surface area contributed by atoms with Crippen molar-refractivity contribution in [2.24, 2.45) is 0 Å². The van der Waals surface area contributed by atoms with Gasteiger partial charge in [0.25, 0.3) is 5.91 Å². The number of nitrogens with one attached hydrogen (secondary N) is 2. The second-order valence-corrected chi connectivity index (χ2v) is 4.39. The summed E-state index contributed by atoms with van der Waals surface area (Å²) >= 11 is 1.64. The van der Waals surface area contributed by atoms with Crippen molar-refractivity contribution in [3.8, 4) is 0 Å². The minimum atomic E-state index is -0.335. The van der Waals surface area contributed by atoms with Gasteiger partial charge in [0.05, 0.1) is 13.2 Å². The Kier molecular flexibility index (Phi) is 3.71. The number of hydrogen-bond acceptors (Lipinski definition) is 4. The zero-order valence-corrected chi connectivity index (χ0v) is 9.18. The summed E-state index contributed by atoms with van der Waals surface area (Å²) in [7, 11) is 0. The molecule has 5 heteroatoms. The van der Waals surface area contributed by atoms with Crippen LogP contribution in [-0.4, -0.2) is 31.7 Å². The number of hydrogen-bond donors (Lipinski definition) is 2. The Morgan fingerprint density at radius 3 is 3.33 bits per heavy atom. The summed E-state index contributed by atoms with van der Waals surface area (Å²) in [5.41, 5.74) is 0. The Morgan fingerprint density at radius 1 is 1.73 bits per heavy atom. The molecule has 0 radical (unpaired) electrons. The first-order valence-corrected chi connectivity index (χ1v) is 5.86. The van der Waals surface area contributed by atoms with Crippen molar-refractivity contribution in [3.63, 3.8) is 0 Å². The summed E-state index contributed by atoms with van der Waals surface area (Å²) in [6.07, 6.45) is -0.335. The minimum absolute atomic E-state index is 0.0319. The zero-order valence-electron chi connectivity index (χ0n) is 8.36. The molecule has 1 aliphatic rings. The summed E-state index contributed by atoms with van der Waals surface area (Å²) in [4.78, 5) is 12.8. The molecule has 4 nitrogen and oxygen atoms in total. The fourth-order valence-corrected chi connectivity index (χ4v) is 2.08. The summed E-state index contributed by atoms with van der Waals surface area (Å²) in [6, 6.07) is 3.98. The first kappa shape index (κ1) is 10.6. The predicted octanol–water partition coefficient (Wildman–Crippen LogP) is 0.353. The Bertz CT molecular complexity index is 307. The molecule has 1 amide bonds. The first-order chi connectivity index (χ1) is 7.36. The van der Waals surface area contributed by atoms with Crippen LogP contribution in [0.1, 0.15) is 4.88 Å². The molecule has 0 spiro atoms. The summed E-state index contributed by atoms with van der Waals surface area (Å²) in [5, 5.41) is 7.99. The first-order valence-electron chi connectivity index (χ1n) is 4.98. The molecule has 0 aromatic carbocycles. The molecule has 1 fully saturated rings. The lowest BCUT2D eigenvalue weighted by atomic mass is 10.3. The third kappa shape index (κ3) is 3.02. The van der Waals surface area contributed by atoms with E-state index >= 15 is 0 Å². The van der Waals surface area contributed by atoms with Gasteiger partial charge in [0.1, 0.15) is 6.10 Å². The van der Waals surface area contributed by atoms with Crippen LogP contribution >= 0.6 is 11.3 Å². The van der Waals surface area contributed by atoms with Gasteiger partial charge in [-0.15, -0.1) is 11.3 Å². The fourth-order valence-electron chi connectivity index (χ4n) is 1.44. The average molecular weight is 226 g/mol. The molecule has 1 aliphatic heterocycles. The normalized spacial score (nSPS) is 21.2. The minimum Gasteiger partial charge on any atom is -0.366 e. The highest BCUT2D eigenvalue weighted by Crippen LogP contribution is 2.07. The van der Waals surface area contributed by atoms with Crippen molar-refractivity contribution in [2.45, 2.75) is 12.6 Å². The smallest absolute Gasteiger partial charge is 0.250 e. The highest BCUT2D eigenvalue weighted by atomic mass is 32.1. The van der Waals surface area contributed by atoms with E-state index in [2.05, 4.69) is 10.6 Å². The predicted molar refractivity (Wildman–Crippen MR) is 58.8 cm³/mol.